The Bertz CT molecular complexity index is 2550. The van der Waals surface area contributed by atoms with Crippen LogP contribution in [0.1, 0.15) is 16.7 Å². The number of fused-ring (bicyclic) bond motifs is 7. The topological polar surface area (TPSA) is 41.6 Å². The van der Waals surface area contributed by atoms with Crippen molar-refractivity contribution in [1.82, 2.24) is 0 Å². The molecule has 0 aromatic heterocycles. The Balaban J connectivity index is 1.17. The number of hydrogen-bond acceptors (Lipinski definition) is 2. The van der Waals surface area contributed by atoms with Crippen molar-refractivity contribution in [2.45, 2.75) is 0 Å². The van der Waals surface area contributed by atoms with E-state index in [9.17, 15) is 0 Å². The van der Waals surface area contributed by atoms with Gasteiger partial charge in [-0.1, -0.05) is 152 Å². The zero-order chi connectivity index (χ0) is 32.7. The van der Waals surface area contributed by atoms with Crippen molar-refractivity contribution >= 4 is 60.8 Å². The normalized spacial score (nSPS) is 14.0. The summed E-state index contributed by atoms with van der Waals surface area (Å²) in [5.41, 5.74) is 16.5. The van der Waals surface area contributed by atoms with Crippen molar-refractivity contribution in [3.05, 3.63) is 193 Å². The first kappa shape index (κ1) is 28.7. The van der Waals surface area contributed by atoms with Crippen LogP contribution in [-0.4, -0.2) is 12.4 Å². The quantitative estimate of drug-likeness (QED) is 0.117. The summed E-state index contributed by atoms with van der Waals surface area (Å²) < 4.78 is 0. The average Bonchev–Trinajstić information content (AvgIpc) is 3.57. The highest BCUT2D eigenvalue weighted by molar-refractivity contribution is 6.25. The maximum Gasteiger partial charge on any atom is 0.131 e. The van der Waals surface area contributed by atoms with Crippen molar-refractivity contribution in [3.63, 3.8) is 0 Å². The largest absolute Gasteiger partial charge is 0.383 e. The molecule has 0 saturated carbocycles. The lowest BCUT2D eigenvalue weighted by molar-refractivity contribution is 1.16. The third kappa shape index (κ3) is 5.04. The van der Waals surface area contributed by atoms with Crippen LogP contribution in [-0.2, 0) is 0 Å². The molecule has 0 amide bonds. The molecule has 0 radical (unpaired) electrons. The second kappa shape index (κ2) is 12.0. The first-order valence-electron chi connectivity index (χ1n) is 16.7. The van der Waals surface area contributed by atoms with Gasteiger partial charge in [-0.2, -0.15) is 0 Å². The van der Waals surface area contributed by atoms with Gasteiger partial charge in [-0.3, -0.25) is 0 Å². The van der Waals surface area contributed by atoms with E-state index in [1.54, 1.807) is 0 Å². The number of rotatable bonds is 5. The van der Waals surface area contributed by atoms with E-state index in [1.165, 1.54) is 49.0 Å². The van der Waals surface area contributed by atoms with Gasteiger partial charge < -0.3 is 10.6 Å². The predicted octanol–water partition coefficient (Wildman–Crippen LogP) is 11.2. The first-order chi connectivity index (χ1) is 24.2. The molecule has 0 fully saturated rings. The minimum absolute atomic E-state index is 0.501. The smallest absolute Gasteiger partial charge is 0.131 e. The van der Waals surface area contributed by atoms with Crippen LogP contribution in [0.25, 0.3) is 54.7 Å². The molecule has 49 heavy (non-hydrogen) atoms. The lowest BCUT2D eigenvalue weighted by atomic mass is 9.92. The molecule has 0 aliphatic carbocycles. The van der Waals surface area contributed by atoms with Crippen LogP contribution in [0.2, 0.25) is 0 Å². The Morgan fingerprint density at radius 1 is 0.469 bits per heavy atom. The van der Waals surface area contributed by atoms with Crippen molar-refractivity contribution in [2.24, 2.45) is 10.7 Å². The molecule has 0 saturated heterocycles. The summed E-state index contributed by atoms with van der Waals surface area (Å²) in [6, 6.07) is 62.3. The van der Waals surface area contributed by atoms with Crippen LogP contribution in [0, 0.1) is 0 Å². The van der Waals surface area contributed by atoms with Gasteiger partial charge in [0.15, 0.2) is 0 Å². The molecule has 1 aliphatic rings. The maximum absolute atomic E-state index is 6.66. The first-order valence-corrected chi connectivity index (χ1v) is 16.7. The van der Waals surface area contributed by atoms with Gasteiger partial charge in [0.25, 0.3) is 0 Å². The highest BCUT2D eigenvalue weighted by Gasteiger charge is 2.28. The molecule has 232 valence electrons. The molecule has 3 nitrogen and oxygen atoms in total. The molecule has 0 unspecified atom stereocenters. The third-order valence-corrected chi connectivity index (χ3v) is 9.71. The molecule has 8 aromatic carbocycles. The standard InChI is InChI=1S/C46H33N3/c47-46(32-16-5-2-6-17-32)48-45(31-14-3-1-4-15-31)43-30-49(44-25-12-11-24-41(43)44)35-19-13-18-33(28-35)34-26-27-40-38-22-8-7-20-36(38)37-21-9-10-23-39(37)42(40)29-34/h1-29H,30H2,(H2,47,48)/b45-43+. The summed E-state index contributed by atoms with van der Waals surface area (Å²) in [6.07, 6.45) is 0. The number of nitrogens with two attached hydrogens (primary N) is 1. The van der Waals surface area contributed by atoms with Crippen LogP contribution in [0.5, 0.6) is 0 Å². The predicted molar refractivity (Wildman–Crippen MR) is 208 cm³/mol. The molecule has 0 spiro atoms. The molecule has 3 heteroatoms. The van der Waals surface area contributed by atoms with Gasteiger partial charge in [0.05, 0.1) is 12.2 Å². The second-order valence-corrected chi connectivity index (χ2v) is 12.6. The minimum atomic E-state index is 0.501. The molecule has 1 heterocycles. The molecule has 1 aliphatic heterocycles. The fraction of sp³-hybridized carbons (Fsp3) is 0.0217. The zero-order valence-corrected chi connectivity index (χ0v) is 26.9. The fourth-order valence-corrected chi connectivity index (χ4v) is 7.36. The van der Waals surface area contributed by atoms with E-state index in [0.29, 0.717) is 12.4 Å². The summed E-state index contributed by atoms with van der Waals surface area (Å²) in [6.45, 7) is 0.674. The Hall–Kier alpha value is -6.45. The maximum atomic E-state index is 6.66. The van der Waals surface area contributed by atoms with E-state index in [2.05, 4.69) is 144 Å². The van der Waals surface area contributed by atoms with Crippen LogP contribution in [0.4, 0.5) is 11.4 Å². The lowest BCUT2D eigenvalue weighted by Gasteiger charge is -2.20. The van der Waals surface area contributed by atoms with Crippen LogP contribution >= 0.6 is 0 Å². The second-order valence-electron chi connectivity index (χ2n) is 12.6. The third-order valence-electron chi connectivity index (χ3n) is 9.71. The number of nitrogens with zero attached hydrogens (tertiary/aromatic N) is 2. The highest BCUT2D eigenvalue weighted by Crippen LogP contribution is 2.45. The van der Waals surface area contributed by atoms with Crippen LogP contribution in [0.3, 0.4) is 0 Å². The molecule has 9 rings (SSSR count). The Morgan fingerprint density at radius 2 is 1.02 bits per heavy atom. The Kier molecular flexibility index (Phi) is 7.02. The van der Waals surface area contributed by atoms with Gasteiger partial charge in [-0.05, 0) is 67.7 Å². The number of hydrogen-bond donors (Lipinski definition) is 1. The van der Waals surface area contributed by atoms with Crippen molar-refractivity contribution in [3.8, 4) is 11.1 Å². The summed E-state index contributed by atoms with van der Waals surface area (Å²) in [5.74, 6) is 0.501. The van der Waals surface area contributed by atoms with Gasteiger partial charge in [0.2, 0.25) is 0 Å². The Labute approximate surface area is 285 Å². The molecule has 8 aromatic rings. The SMILES string of the molecule is NC(=N/C(=C1\CN(c2cccc(-c3ccc4c5ccccc5c5ccccc5c4c3)c2)c2ccccc21)c1ccccc1)c1ccccc1. The minimum Gasteiger partial charge on any atom is -0.383 e. The number of aliphatic imine (C=N–C) groups is 1. The molecular formula is C46H33N3. The van der Waals surface area contributed by atoms with Crippen LogP contribution < -0.4 is 10.6 Å². The van der Waals surface area contributed by atoms with Crippen LogP contribution in [0.15, 0.2) is 181 Å². The number of benzene rings is 8. The number of para-hydroxylation sites is 1. The summed E-state index contributed by atoms with van der Waals surface area (Å²) >= 11 is 0. The monoisotopic (exact) mass is 627 g/mol. The average molecular weight is 628 g/mol. The van der Waals surface area contributed by atoms with Crippen molar-refractivity contribution < 1.29 is 0 Å². The van der Waals surface area contributed by atoms with Gasteiger partial charge in [0, 0.05) is 33.6 Å². The van der Waals surface area contributed by atoms with E-state index in [0.717, 1.165) is 33.8 Å². The summed E-state index contributed by atoms with van der Waals surface area (Å²) in [7, 11) is 0. The number of amidine groups is 1. The van der Waals surface area contributed by atoms with E-state index in [4.69, 9.17) is 10.7 Å². The fourth-order valence-electron chi connectivity index (χ4n) is 7.36. The summed E-state index contributed by atoms with van der Waals surface area (Å²) in [5, 5.41) is 7.70. The molecule has 0 atom stereocenters. The van der Waals surface area contributed by atoms with Gasteiger partial charge >= 0.3 is 0 Å². The van der Waals surface area contributed by atoms with Crippen molar-refractivity contribution in [2.75, 3.05) is 11.4 Å². The number of anilines is 2. The molecule has 0 bridgehead atoms. The summed E-state index contributed by atoms with van der Waals surface area (Å²) in [4.78, 5) is 7.51. The van der Waals surface area contributed by atoms with E-state index in [-0.39, 0.29) is 0 Å². The van der Waals surface area contributed by atoms with E-state index >= 15 is 0 Å². The van der Waals surface area contributed by atoms with E-state index < -0.39 is 0 Å². The zero-order valence-electron chi connectivity index (χ0n) is 26.9. The Morgan fingerprint density at radius 3 is 1.71 bits per heavy atom. The van der Waals surface area contributed by atoms with Gasteiger partial charge in [-0.15, -0.1) is 0 Å². The van der Waals surface area contributed by atoms with Crippen molar-refractivity contribution in [1.29, 1.82) is 0 Å². The van der Waals surface area contributed by atoms with Gasteiger partial charge in [-0.25, -0.2) is 4.99 Å². The molecule has 2 N–H and O–H groups in total. The highest BCUT2D eigenvalue weighted by atomic mass is 15.2. The lowest BCUT2D eigenvalue weighted by Crippen LogP contribution is -2.15. The molecular weight excluding hydrogens is 595 g/mol. The van der Waals surface area contributed by atoms with E-state index in [1.807, 2.05) is 36.4 Å². The van der Waals surface area contributed by atoms with Gasteiger partial charge in [0.1, 0.15) is 5.84 Å².